The summed E-state index contributed by atoms with van der Waals surface area (Å²) in [7, 11) is 0. The molecular formula is C12H9F6N3OS. The SMILES string of the molecule is N#CC(C(N)=O)[C@@H](S)Nc1cc(C(F)(F)F)cc(C(F)(F)F)c1. The lowest BCUT2D eigenvalue weighted by Gasteiger charge is -2.20. The summed E-state index contributed by atoms with van der Waals surface area (Å²) < 4.78 is 76.1. The van der Waals surface area contributed by atoms with Gasteiger partial charge in [0.05, 0.1) is 22.6 Å². The van der Waals surface area contributed by atoms with Gasteiger partial charge >= 0.3 is 12.4 Å². The van der Waals surface area contributed by atoms with Gasteiger partial charge in [0.15, 0.2) is 5.92 Å². The number of rotatable bonds is 4. The van der Waals surface area contributed by atoms with Crippen LogP contribution in [0.5, 0.6) is 0 Å². The number of nitriles is 1. The first kappa shape index (κ1) is 19.0. The maximum atomic E-state index is 12.7. The van der Waals surface area contributed by atoms with Crippen LogP contribution >= 0.6 is 12.6 Å². The highest BCUT2D eigenvalue weighted by Gasteiger charge is 2.37. The number of nitrogens with zero attached hydrogens (tertiary/aromatic N) is 1. The Labute approximate surface area is 131 Å². The van der Waals surface area contributed by atoms with Crippen LogP contribution in [0.4, 0.5) is 32.0 Å². The fourth-order valence-electron chi connectivity index (χ4n) is 1.58. The number of thiol groups is 1. The molecule has 126 valence electrons. The standard InChI is InChI=1S/C12H9F6N3OS/c13-11(14,15)5-1-6(12(16,17)18)3-7(2-5)21-10(23)8(4-19)9(20)22/h1-3,8,10,21,23H,(H2,20,22)/t8?,10-/m1/s1. The van der Waals surface area contributed by atoms with E-state index in [1.165, 1.54) is 6.07 Å². The molecule has 0 aliphatic rings. The molecule has 0 aliphatic heterocycles. The third-order valence-electron chi connectivity index (χ3n) is 2.66. The van der Waals surface area contributed by atoms with Crippen molar-refractivity contribution >= 4 is 24.2 Å². The molecule has 4 nitrogen and oxygen atoms in total. The highest BCUT2D eigenvalue weighted by Crippen LogP contribution is 2.37. The molecular weight excluding hydrogens is 348 g/mol. The molecule has 2 atom stereocenters. The Morgan fingerprint density at radius 1 is 1.13 bits per heavy atom. The van der Waals surface area contributed by atoms with Gasteiger partial charge in [0.1, 0.15) is 0 Å². The van der Waals surface area contributed by atoms with Crippen LogP contribution in [0, 0.1) is 17.2 Å². The Morgan fingerprint density at radius 2 is 1.57 bits per heavy atom. The molecule has 0 saturated heterocycles. The van der Waals surface area contributed by atoms with Crippen LogP contribution < -0.4 is 11.1 Å². The van der Waals surface area contributed by atoms with Crippen molar-refractivity contribution in [2.45, 2.75) is 17.7 Å². The van der Waals surface area contributed by atoms with Crippen LogP contribution in [0.2, 0.25) is 0 Å². The van der Waals surface area contributed by atoms with E-state index in [2.05, 4.69) is 17.9 Å². The van der Waals surface area contributed by atoms with Crippen LogP contribution in [-0.4, -0.2) is 11.3 Å². The van der Waals surface area contributed by atoms with Crippen LogP contribution in [-0.2, 0) is 17.1 Å². The van der Waals surface area contributed by atoms with Gasteiger partial charge in [0, 0.05) is 5.69 Å². The number of nitrogens with one attached hydrogen (secondary N) is 1. The normalized spacial score (nSPS) is 14.7. The average Bonchev–Trinajstić information content (AvgIpc) is 2.36. The topological polar surface area (TPSA) is 78.9 Å². The second-order valence-corrected chi connectivity index (χ2v) is 4.95. The van der Waals surface area contributed by atoms with Crippen molar-refractivity contribution in [1.29, 1.82) is 5.26 Å². The van der Waals surface area contributed by atoms with Gasteiger partial charge in [-0.1, -0.05) is 0 Å². The molecule has 0 aromatic heterocycles. The number of hydrogen-bond donors (Lipinski definition) is 3. The Bertz CT molecular complexity index is 605. The number of carbonyl (C=O) groups is 1. The Hall–Kier alpha value is -2.09. The number of primary amides is 1. The lowest BCUT2D eigenvalue weighted by molar-refractivity contribution is -0.143. The molecule has 0 radical (unpaired) electrons. The molecule has 1 amide bonds. The number of hydrogen-bond acceptors (Lipinski definition) is 4. The zero-order valence-corrected chi connectivity index (χ0v) is 11.9. The summed E-state index contributed by atoms with van der Waals surface area (Å²) in [5.74, 6) is -2.68. The Kier molecular flexibility index (Phi) is 5.42. The van der Waals surface area contributed by atoms with Crippen molar-refractivity contribution in [1.82, 2.24) is 0 Å². The van der Waals surface area contributed by atoms with E-state index in [9.17, 15) is 31.1 Å². The number of amides is 1. The maximum absolute atomic E-state index is 12.7. The number of benzene rings is 1. The maximum Gasteiger partial charge on any atom is 0.416 e. The second kappa shape index (κ2) is 6.57. The Morgan fingerprint density at radius 3 is 1.87 bits per heavy atom. The van der Waals surface area contributed by atoms with E-state index in [1.54, 1.807) is 0 Å². The van der Waals surface area contributed by atoms with Gasteiger partial charge < -0.3 is 11.1 Å². The number of anilines is 1. The van der Waals surface area contributed by atoms with E-state index in [-0.39, 0.29) is 6.07 Å². The van der Waals surface area contributed by atoms with Crippen molar-refractivity contribution in [3.05, 3.63) is 29.3 Å². The zero-order valence-electron chi connectivity index (χ0n) is 11.0. The van der Waals surface area contributed by atoms with Crippen molar-refractivity contribution in [3.63, 3.8) is 0 Å². The molecule has 0 heterocycles. The first-order chi connectivity index (χ1) is 10.4. The van der Waals surface area contributed by atoms with Crippen molar-refractivity contribution in [3.8, 4) is 6.07 Å². The second-order valence-electron chi connectivity index (χ2n) is 4.39. The molecule has 11 heteroatoms. The van der Waals surface area contributed by atoms with Gasteiger partial charge in [-0.2, -0.15) is 44.2 Å². The summed E-state index contributed by atoms with van der Waals surface area (Å²) in [4.78, 5) is 11.0. The fraction of sp³-hybridized carbons (Fsp3) is 0.333. The van der Waals surface area contributed by atoms with Gasteiger partial charge in [-0.05, 0) is 18.2 Å². The summed E-state index contributed by atoms with van der Waals surface area (Å²) >= 11 is 3.77. The number of alkyl halides is 6. The van der Waals surface area contributed by atoms with Crippen LogP contribution in [0.3, 0.4) is 0 Å². The predicted octanol–water partition coefficient (Wildman–Crippen LogP) is 3.02. The van der Waals surface area contributed by atoms with Crippen molar-refractivity contribution in [2.24, 2.45) is 11.7 Å². The number of halogens is 6. The summed E-state index contributed by atoms with van der Waals surface area (Å²) in [5, 5.41) is 9.47. The van der Waals surface area contributed by atoms with E-state index in [1.807, 2.05) is 0 Å². The first-order valence-corrected chi connectivity index (χ1v) is 6.31. The minimum absolute atomic E-state index is 0.0471. The van der Waals surface area contributed by atoms with E-state index in [4.69, 9.17) is 11.0 Å². The summed E-state index contributed by atoms with van der Waals surface area (Å²) in [5.41, 5.74) is 1.21. The molecule has 0 saturated carbocycles. The summed E-state index contributed by atoms with van der Waals surface area (Å²) in [6.45, 7) is 0. The molecule has 0 aliphatic carbocycles. The van der Waals surface area contributed by atoms with Crippen LogP contribution in [0.1, 0.15) is 11.1 Å². The minimum atomic E-state index is -5.01. The van der Waals surface area contributed by atoms with Gasteiger partial charge in [0.25, 0.3) is 0 Å². The molecule has 1 aromatic carbocycles. The van der Waals surface area contributed by atoms with Crippen molar-refractivity contribution in [2.75, 3.05) is 5.32 Å². The molecule has 23 heavy (non-hydrogen) atoms. The smallest absolute Gasteiger partial charge is 0.372 e. The van der Waals surface area contributed by atoms with E-state index >= 15 is 0 Å². The molecule has 1 unspecified atom stereocenters. The molecule has 1 rings (SSSR count). The van der Waals surface area contributed by atoms with Gasteiger partial charge in [0.2, 0.25) is 5.91 Å². The van der Waals surface area contributed by atoms with Crippen molar-refractivity contribution < 1.29 is 31.1 Å². The van der Waals surface area contributed by atoms with Crippen LogP contribution in [0.25, 0.3) is 0 Å². The monoisotopic (exact) mass is 357 g/mol. The molecule has 0 bridgehead atoms. The molecule has 0 spiro atoms. The Balaban J connectivity index is 3.26. The lowest BCUT2D eigenvalue weighted by Crippen LogP contribution is -2.34. The molecule has 3 N–H and O–H groups in total. The van der Waals surface area contributed by atoms with Gasteiger partial charge in [-0.25, -0.2) is 0 Å². The van der Waals surface area contributed by atoms with E-state index < -0.39 is 46.4 Å². The van der Waals surface area contributed by atoms with E-state index in [0.29, 0.717) is 12.1 Å². The quantitative estimate of drug-likeness (QED) is 0.440. The summed E-state index contributed by atoms with van der Waals surface area (Å²) in [6, 6.07) is 2.23. The zero-order chi connectivity index (χ0) is 18.0. The van der Waals surface area contributed by atoms with Crippen LogP contribution in [0.15, 0.2) is 18.2 Å². The average molecular weight is 357 g/mol. The third-order valence-corrected chi connectivity index (χ3v) is 3.09. The highest BCUT2D eigenvalue weighted by atomic mass is 32.1. The van der Waals surface area contributed by atoms with Gasteiger partial charge in [-0.15, -0.1) is 0 Å². The van der Waals surface area contributed by atoms with Gasteiger partial charge in [-0.3, -0.25) is 4.79 Å². The van der Waals surface area contributed by atoms with E-state index in [0.717, 1.165) is 0 Å². The number of carbonyl (C=O) groups excluding carboxylic acids is 1. The highest BCUT2D eigenvalue weighted by molar-refractivity contribution is 7.81. The number of nitrogens with two attached hydrogens (primary N) is 1. The first-order valence-electron chi connectivity index (χ1n) is 5.79. The lowest BCUT2D eigenvalue weighted by atomic mass is 10.1. The largest absolute Gasteiger partial charge is 0.416 e. The summed E-state index contributed by atoms with van der Waals surface area (Å²) in [6.07, 6.45) is -10.0. The molecule has 1 aromatic rings. The predicted molar refractivity (Wildman–Crippen MR) is 71.1 cm³/mol. The fourth-order valence-corrected chi connectivity index (χ4v) is 1.94. The third kappa shape index (κ3) is 4.95. The molecule has 0 fully saturated rings. The minimum Gasteiger partial charge on any atom is -0.372 e.